The van der Waals surface area contributed by atoms with Crippen LogP contribution in [0, 0.1) is 13.8 Å². The lowest BCUT2D eigenvalue weighted by Crippen LogP contribution is -2.21. The third-order valence-electron chi connectivity index (χ3n) is 2.45. The Balaban J connectivity index is 2.21. The Bertz CT molecular complexity index is 289. The van der Waals surface area contributed by atoms with Crippen molar-refractivity contribution in [3.05, 3.63) is 29.3 Å². The van der Waals surface area contributed by atoms with E-state index in [0.29, 0.717) is 0 Å². The molecule has 2 nitrogen and oxygen atoms in total. The summed E-state index contributed by atoms with van der Waals surface area (Å²) in [5, 5.41) is 3.36. The third kappa shape index (κ3) is 5.17. The molecule has 0 bridgehead atoms. The molecule has 1 aromatic rings. The van der Waals surface area contributed by atoms with E-state index in [4.69, 9.17) is 4.74 Å². The number of nitrogens with one attached hydrogen (secondary N) is 1. The Morgan fingerprint density at radius 1 is 1.06 bits per heavy atom. The van der Waals surface area contributed by atoms with Gasteiger partial charge in [0, 0.05) is 6.54 Å². The lowest BCUT2D eigenvalue weighted by atomic mass is 10.1. The van der Waals surface area contributed by atoms with Gasteiger partial charge in [0.05, 0.1) is 0 Å². The minimum absolute atomic E-state index is 0.743. The average molecular weight is 221 g/mol. The van der Waals surface area contributed by atoms with Crippen molar-refractivity contribution in [2.45, 2.75) is 33.6 Å². The Morgan fingerprint density at radius 2 is 1.75 bits per heavy atom. The molecule has 0 aliphatic carbocycles. The average Bonchev–Trinajstić information content (AvgIpc) is 2.22. The fourth-order valence-electron chi connectivity index (χ4n) is 1.68. The quantitative estimate of drug-likeness (QED) is 0.714. The molecule has 1 aromatic carbocycles. The highest BCUT2D eigenvalue weighted by molar-refractivity contribution is 5.32. The SMILES string of the molecule is CCCCNCCOc1cc(C)cc(C)c1. The first-order valence-corrected chi connectivity index (χ1v) is 6.14. The summed E-state index contributed by atoms with van der Waals surface area (Å²) in [6.45, 7) is 9.15. The summed E-state index contributed by atoms with van der Waals surface area (Å²) in [5.41, 5.74) is 2.52. The van der Waals surface area contributed by atoms with E-state index in [1.54, 1.807) is 0 Å². The van der Waals surface area contributed by atoms with E-state index in [2.05, 4.69) is 44.3 Å². The molecule has 0 fully saturated rings. The first kappa shape index (κ1) is 13.0. The molecule has 0 amide bonds. The van der Waals surface area contributed by atoms with E-state index < -0.39 is 0 Å². The summed E-state index contributed by atoms with van der Waals surface area (Å²) in [6, 6.07) is 6.32. The summed E-state index contributed by atoms with van der Waals surface area (Å²) in [5.74, 6) is 0.981. The standard InChI is InChI=1S/C14H23NO/c1-4-5-6-15-7-8-16-14-10-12(2)9-13(3)11-14/h9-11,15H,4-8H2,1-3H3. The van der Waals surface area contributed by atoms with Gasteiger partial charge < -0.3 is 10.1 Å². The smallest absolute Gasteiger partial charge is 0.119 e. The Hall–Kier alpha value is -1.02. The van der Waals surface area contributed by atoms with E-state index in [9.17, 15) is 0 Å². The minimum atomic E-state index is 0.743. The summed E-state index contributed by atoms with van der Waals surface area (Å²) in [7, 11) is 0. The molecule has 1 rings (SSSR count). The number of hydrogen-bond donors (Lipinski definition) is 1. The normalized spacial score (nSPS) is 10.4. The summed E-state index contributed by atoms with van der Waals surface area (Å²) < 4.78 is 5.69. The van der Waals surface area contributed by atoms with Crippen LogP contribution in [0.4, 0.5) is 0 Å². The van der Waals surface area contributed by atoms with Crippen LogP contribution >= 0.6 is 0 Å². The van der Waals surface area contributed by atoms with Gasteiger partial charge in [-0.25, -0.2) is 0 Å². The molecule has 0 unspecified atom stereocenters. The summed E-state index contributed by atoms with van der Waals surface area (Å²) in [6.07, 6.45) is 2.48. The van der Waals surface area contributed by atoms with Gasteiger partial charge in [-0.3, -0.25) is 0 Å². The highest BCUT2D eigenvalue weighted by Gasteiger charge is 1.96. The number of ether oxygens (including phenoxy) is 1. The zero-order valence-electron chi connectivity index (χ0n) is 10.7. The zero-order valence-corrected chi connectivity index (χ0v) is 10.7. The van der Waals surface area contributed by atoms with Crippen LogP contribution in [0.1, 0.15) is 30.9 Å². The molecule has 0 radical (unpaired) electrons. The maximum Gasteiger partial charge on any atom is 0.119 e. The predicted molar refractivity (Wildman–Crippen MR) is 69.2 cm³/mol. The fraction of sp³-hybridized carbons (Fsp3) is 0.571. The number of aryl methyl sites for hydroxylation is 2. The second-order valence-corrected chi connectivity index (χ2v) is 4.28. The van der Waals surface area contributed by atoms with Gasteiger partial charge in [-0.2, -0.15) is 0 Å². The van der Waals surface area contributed by atoms with Gasteiger partial charge in [-0.15, -0.1) is 0 Å². The van der Waals surface area contributed by atoms with E-state index in [0.717, 1.165) is 25.4 Å². The molecule has 0 atom stereocenters. The molecule has 16 heavy (non-hydrogen) atoms. The molecule has 90 valence electrons. The lowest BCUT2D eigenvalue weighted by molar-refractivity contribution is 0.313. The van der Waals surface area contributed by atoms with Gasteiger partial charge in [0.25, 0.3) is 0 Å². The molecule has 1 N–H and O–H groups in total. The molecule has 0 aliphatic rings. The number of rotatable bonds is 7. The van der Waals surface area contributed by atoms with Crippen LogP contribution in [0.25, 0.3) is 0 Å². The highest BCUT2D eigenvalue weighted by atomic mass is 16.5. The molecule has 0 saturated carbocycles. The van der Waals surface area contributed by atoms with Crippen LogP contribution < -0.4 is 10.1 Å². The number of hydrogen-bond acceptors (Lipinski definition) is 2. The van der Waals surface area contributed by atoms with Crippen LogP contribution in [0.15, 0.2) is 18.2 Å². The van der Waals surface area contributed by atoms with Crippen LogP contribution in [-0.2, 0) is 0 Å². The van der Waals surface area contributed by atoms with Crippen molar-refractivity contribution in [3.8, 4) is 5.75 Å². The molecular weight excluding hydrogens is 198 g/mol. The summed E-state index contributed by atoms with van der Waals surface area (Å²) >= 11 is 0. The van der Waals surface area contributed by atoms with E-state index in [1.165, 1.54) is 24.0 Å². The van der Waals surface area contributed by atoms with Gasteiger partial charge in [0.15, 0.2) is 0 Å². The van der Waals surface area contributed by atoms with Gasteiger partial charge in [0.2, 0.25) is 0 Å². The van der Waals surface area contributed by atoms with Crippen molar-refractivity contribution in [2.75, 3.05) is 19.7 Å². The van der Waals surface area contributed by atoms with Gasteiger partial charge >= 0.3 is 0 Å². The van der Waals surface area contributed by atoms with Crippen LogP contribution in [0.2, 0.25) is 0 Å². The molecule has 0 heterocycles. The van der Waals surface area contributed by atoms with Gasteiger partial charge in [0.1, 0.15) is 12.4 Å². The van der Waals surface area contributed by atoms with Crippen LogP contribution in [0.3, 0.4) is 0 Å². The second kappa shape index (κ2) is 7.29. The molecule has 0 spiro atoms. The Labute approximate surface area is 99.0 Å². The molecule has 0 saturated heterocycles. The molecule has 0 aliphatic heterocycles. The van der Waals surface area contributed by atoms with Crippen LogP contribution in [0.5, 0.6) is 5.75 Å². The zero-order chi connectivity index (χ0) is 11.8. The fourth-order valence-corrected chi connectivity index (χ4v) is 1.68. The van der Waals surface area contributed by atoms with Crippen LogP contribution in [-0.4, -0.2) is 19.7 Å². The Morgan fingerprint density at radius 3 is 2.38 bits per heavy atom. The third-order valence-corrected chi connectivity index (χ3v) is 2.45. The van der Waals surface area contributed by atoms with Crippen molar-refractivity contribution in [1.29, 1.82) is 0 Å². The topological polar surface area (TPSA) is 21.3 Å². The minimum Gasteiger partial charge on any atom is -0.492 e. The predicted octanol–water partition coefficient (Wildman–Crippen LogP) is 3.07. The second-order valence-electron chi connectivity index (χ2n) is 4.28. The lowest BCUT2D eigenvalue weighted by Gasteiger charge is -2.08. The van der Waals surface area contributed by atoms with Gasteiger partial charge in [-0.05, 0) is 50.1 Å². The monoisotopic (exact) mass is 221 g/mol. The molecular formula is C14H23NO. The maximum atomic E-state index is 5.69. The first-order valence-electron chi connectivity index (χ1n) is 6.14. The van der Waals surface area contributed by atoms with Crippen molar-refractivity contribution >= 4 is 0 Å². The van der Waals surface area contributed by atoms with Gasteiger partial charge in [-0.1, -0.05) is 19.4 Å². The molecule has 2 heteroatoms. The van der Waals surface area contributed by atoms with Crippen molar-refractivity contribution in [1.82, 2.24) is 5.32 Å². The van der Waals surface area contributed by atoms with E-state index >= 15 is 0 Å². The van der Waals surface area contributed by atoms with Crippen molar-refractivity contribution in [2.24, 2.45) is 0 Å². The first-order chi connectivity index (χ1) is 7.72. The van der Waals surface area contributed by atoms with E-state index in [1.807, 2.05) is 0 Å². The highest BCUT2D eigenvalue weighted by Crippen LogP contribution is 2.15. The van der Waals surface area contributed by atoms with Crippen molar-refractivity contribution in [3.63, 3.8) is 0 Å². The summed E-state index contributed by atoms with van der Waals surface area (Å²) in [4.78, 5) is 0. The van der Waals surface area contributed by atoms with E-state index in [-0.39, 0.29) is 0 Å². The maximum absolute atomic E-state index is 5.69. The Kier molecular flexibility index (Phi) is 5.94. The van der Waals surface area contributed by atoms with Crippen molar-refractivity contribution < 1.29 is 4.74 Å². The number of unbranched alkanes of at least 4 members (excludes halogenated alkanes) is 1. The number of benzene rings is 1. The largest absolute Gasteiger partial charge is 0.492 e. The molecule has 0 aromatic heterocycles.